The van der Waals surface area contributed by atoms with Crippen molar-refractivity contribution in [1.29, 1.82) is 0 Å². The Bertz CT molecular complexity index is 406. The average Bonchev–Trinajstić information content (AvgIpc) is 2.91. The minimum Gasteiger partial charge on any atom is -0.0845 e. The summed E-state index contributed by atoms with van der Waals surface area (Å²) < 4.78 is 0. The zero-order chi connectivity index (χ0) is 12.7. The van der Waals surface area contributed by atoms with Gasteiger partial charge < -0.3 is 0 Å². The van der Waals surface area contributed by atoms with E-state index in [0.29, 0.717) is 10.8 Å². The molecule has 0 nitrogen and oxygen atoms in total. The first-order valence-electron chi connectivity index (χ1n) is 8.12. The summed E-state index contributed by atoms with van der Waals surface area (Å²) in [6.45, 7) is 10.0. The summed E-state index contributed by atoms with van der Waals surface area (Å²) in [5.41, 5.74) is 1.27. The van der Waals surface area contributed by atoms with Crippen LogP contribution < -0.4 is 0 Å². The summed E-state index contributed by atoms with van der Waals surface area (Å²) in [6, 6.07) is 0. The lowest BCUT2D eigenvalue weighted by Gasteiger charge is -2.44. The Morgan fingerprint density at radius 1 is 1.11 bits per heavy atom. The van der Waals surface area contributed by atoms with Gasteiger partial charge in [-0.15, -0.1) is 0 Å². The maximum Gasteiger partial charge on any atom is -0.0107 e. The van der Waals surface area contributed by atoms with Crippen LogP contribution in [-0.2, 0) is 0 Å². The second-order valence-electron chi connectivity index (χ2n) is 8.90. The molecule has 0 amide bonds. The normalized spacial score (nSPS) is 59.9. The summed E-state index contributed by atoms with van der Waals surface area (Å²) >= 11 is 0. The summed E-state index contributed by atoms with van der Waals surface area (Å²) in [4.78, 5) is 0. The zero-order valence-corrected chi connectivity index (χ0v) is 12.4. The first-order chi connectivity index (χ1) is 8.43. The molecule has 7 unspecified atom stereocenters. The Kier molecular flexibility index (Phi) is 2.08. The van der Waals surface area contributed by atoms with Crippen molar-refractivity contribution in [3.63, 3.8) is 0 Å². The van der Waals surface area contributed by atoms with Crippen LogP contribution >= 0.6 is 0 Å². The molecular formula is C18H28. The predicted molar refractivity (Wildman–Crippen MR) is 76.1 cm³/mol. The molecule has 0 N–H and O–H groups in total. The van der Waals surface area contributed by atoms with E-state index in [2.05, 4.69) is 39.8 Å². The van der Waals surface area contributed by atoms with E-state index in [1.54, 1.807) is 6.42 Å². The van der Waals surface area contributed by atoms with Gasteiger partial charge >= 0.3 is 0 Å². The second kappa shape index (κ2) is 3.25. The highest BCUT2D eigenvalue weighted by molar-refractivity contribution is 5.27. The van der Waals surface area contributed by atoms with Gasteiger partial charge in [-0.1, -0.05) is 39.8 Å². The molecule has 3 saturated carbocycles. The van der Waals surface area contributed by atoms with Crippen LogP contribution in [0.15, 0.2) is 12.2 Å². The molecule has 0 heteroatoms. The summed E-state index contributed by atoms with van der Waals surface area (Å²) in [7, 11) is 0. The summed E-state index contributed by atoms with van der Waals surface area (Å²) in [5.74, 6) is 6.01. The molecule has 0 spiro atoms. The fourth-order valence-electron chi connectivity index (χ4n) is 6.96. The van der Waals surface area contributed by atoms with E-state index in [1.165, 1.54) is 19.3 Å². The van der Waals surface area contributed by atoms with Gasteiger partial charge in [-0.05, 0) is 72.0 Å². The molecule has 4 rings (SSSR count). The predicted octanol–water partition coefficient (Wildman–Crippen LogP) is 4.91. The molecule has 4 bridgehead atoms. The molecule has 0 saturated heterocycles. The molecule has 4 aliphatic rings. The lowest BCUT2D eigenvalue weighted by molar-refractivity contribution is 0.0628. The van der Waals surface area contributed by atoms with Crippen molar-refractivity contribution in [2.75, 3.05) is 0 Å². The van der Waals surface area contributed by atoms with Crippen LogP contribution in [0.3, 0.4) is 0 Å². The van der Waals surface area contributed by atoms with Crippen molar-refractivity contribution in [2.45, 2.75) is 53.4 Å². The number of hydrogen-bond donors (Lipinski definition) is 0. The third-order valence-corrected chi connectivity index (χ3v) is 7.09. The first kappa shape index (κ1) is 11.6. The lowest BCUT2D eigenvalue weighted by Crippen LogP contribution is -2.38. The van der Waals surface area contributed by atoms with Gasteiger partial charge in [0.2, 0.25) is 0 Å². The van der Waals surface area contributed by atoms with E-state index in [4.69, 9.17) is 0 Å². The largest absolute Gasteiger partial charge is 0.0845 e. The fourth-order valence-corrected chi connectivity index (χ4v) is 6.96. The summed E-state index contributed by atoms with van der Waals surface area (Å²) in [5, 5.41) is 0. The first-order valence-corrected chi connectivity index (χ1v) is 8.12. The Morgan fingerprint density at radius 3 is 2.61 bits per heavy atom. The third-order valence-electron chi connectivity index (χ3n) is 7.09. The number of rotatable bonds is 2. The van der Waals surface area contributed by atoms with E-state index >= 15 is 0 Å². The molecule has 0 radical (unpaired) electrons. The van der Waals surface area contributed by atoms with Crippen molar-refractivity contribution in [3.05, 3.63) is 12.2 Å². The molecule has 0 aliphatic heterocycles. The quantitative estimate of drug-likeness (QED) is 0.478. The third kappa shape index (κ3) is 1.23. The van der Waals surface area contributed by atoms with E-state index < -0.39 is 0 Å². The molecule has 18 heavy (non-hydrogen) atoms. The van der Waals surface area contributed by atoms with Crippen LogP contribution in [0.25, 0.3) is 0 Å². The Morgan fingerprint density at radius 2 is 1.89 bits per heavy atom. The molecule has 0 aromatic rings. The maximum absolute atomic E-state index is 2.63. The Labute approximate surface area is 112 Å². The van der Waals surface area contributed by atoms with Gasteiger partial charge in [0.25, 0.3) is 0 Å². The maximum atomic E-state index is 2.63. The highest BCUT2D eigenvalue weighted by Crippen LogP contribution is 2.75. The Hall–Kier alpha value is -0.260. The highest BCUT2D eigenvalue weighted by Gasteiger charge is 2.68. The molecule has 0 heterocycles. The molecule has 100 valence electrons. The molecule has 0 aromatic heterocycles. The van der Waals surface area contributed by atoms with Gasteiger partial charge in [0, 0.05) is 0 Å². The fraction of sp³-hybridized carbons (Fsp3) is 0.889. The van der Waals surface area contributed by atoms with E-state index in [-0.39, 0.29) is 0 Å². The standard InChI is InChI=1S/C18H28/c1-11(2)7-13-9-18(4)10-14(13)16-15(18)12-5-6-17(16,3)8-12/h5-6,11-16H,7-10H2,1-4H3. The lowest BCUT2D eigenvalue weighted by atomic mass is 9.60. The van der Waals surface area contributed by atoms with Gasteiger partial charge in [-0.2, -0.15) is 0 Å². The van der Waals surface area contributed by atoms with Crippen LogP contribution in [-0.4, -0.2) is 0 Å². The van der Waals surface area contributed by atoms with Crippen molar-refractivity contribution < 1.29 is 0 Å². The second-order valence-corrected chi connectivity index (χ2v) is 8.90. The SMILES string of the molecule is CC(C)CC1CC2(C)CC1C1C2C2C=CC1(C)C2. The molecular weight excluding hydrogens is 216 g/mol. The van der Waals surface area contributed by atoms with E-state index in [1.807, 2.05) is 0 Å². The number of fused-ring (bicyclic) bond motifs is 9. The van der Waals surface area contributed by atoms with Gasteiger partial charge in [0.15, 0.2) is 0 Å². The Balaban J connectivity index is 1.69. The number of hydrogen-bond acceptors (Lipinski definition) is 0. The zero-order valence-electron chi connectivity index (χ0n) is 12.4. The van der Waals surface area contributed by atoms with Gasteiger partial charge in [0.05, 0.1) is 0 Å². The monoisotopic (exact) mass is 244 g/mol. The van der Waals surface area contributed by atoms with Crippen LogP contribution in [0.2, 0.25) is 0 Å². The minimum atomic E-state index is 0.577. The smallest absolute Gasteiger partial charge is 0.0107 e. The van der Waals surface area contributed by atoms with Crippen LogP contribution in [0.5, 0.6) is 0 Å². The van der Waals surface area contributed by atoms with Crippen LogP contribution in [0, 0.1) is 46.3 Å². The van der Waals surface area contributed by atoms with Gasteiger partial charge in [-0.3, -0.25) is 0 Å². The number of allylic oxidation sites excluding steroid dienone is 2. The van der Waals surface area contributed by atoms with Crippen molar-refractivity contribution >= 4 is 0 Å². The van der Waals surface area contributed by atoms with E-state index in [9.17, 15) is 0 Å². The molecule has 0 aromatic carbocycles. The topological polar surface area (TPSA) is 0 Å². The molecule has 4 aliphatic carbocycles. The van der Waals surface area contributed by atoms with Crippen LogP contribution in [0.1, 0.15) is 53.4 Å². The minimum absolute atomic E-state index is 0.577. The van der Waals surface area contributed by atoms with Gasteiger partial charge in [-0.25, -0.2) is 0 Å². The average molecular weight is 244 g/mol. The molecule has 7 atom stereocenters. The van der Waals surface area contributed by atoms with Crippen molar-refractivity contribution in [1.82, 2.24) is 0 Å². The molecule has 3 fully saturated rings. The van der Waals surface area contributed by atoms with Crippen molar-refractivity contribution in [3.8, 4) is 0 Å². The van der Waals surface area contributed by atoms with Crippen LogP contribution in [0.4, 0.5) is 0 Å². The van der Waals surface area contributed by atoms with E-state index in [0.717, 1.165) is 35.5 Å². The summed E-state index contributed by atoms with van der Waals surface area (Å²) in [6.07, 6.45) is 11.2. The van der Waals surface area contributed by atoms with Crippen molar-refractivity contribution in [2.24, 2.45) is 46.3 Å². The van der Waals surface area contributed by atoms with Gasteiger partial charge in [0.1, 0.15) is 0 Å². The highest BCUT2D eigenvalue weighted by atomic mass is 14.7.